The third kappa shape index (κ3) is 7.53. The number of alkyl halides is 3. The molecule has 1 aromatic rings. The molecule has 9 heteroatoms. The van der Waals surface area contributed by atoms with E-state index in [4.69, 9.17) is 11.6 Å². The van der Waals surface area contributed by atoms with Gasteiger partial charge in [-0.25, -0.2) is 0 Å². The van der Waals surface area contributed by atoms with E-state index < -0.39 is 12.6 Å². The number of rotatable bonds is 4. The molecule has 0 aliphatic carbocycles. The Balaban J connectivity index is 0.00000361. The SMILES string of the molecule is CN=C(NCCC(F)(F)F)N(C)Cc1ccc(Cl)s1.I. The molecule has 0 amide bonds. The molecule has 0 aromatic carbocycles. The quantitative estimate of drug-likeness (QED) is 0.435. The Morgan fingerprint density at radius 1 is 1.45 bits per heavy atom. The van der Waals surface area contributed by atoms with Gasteiger partial charge in [-0.2, -0.15) is 13.2 Å². The summed E-state index contributed by atoms with van der Waals surface area (Å²) in [5, 5.41) is 2.68. The summed E-state index contributed by atoms with van der Waals surface area (Å²) in [7, 11) is 3.30. The molecule has 0 radical (unpaired) electrons. The molecule has 116 valence electrons. The number of thiophene rings is 1. The lowest BCUT2D eigenvalue weighted by Gasteiger charge is -2.21. The van der Waals surface area contributed by atoms with Crippen LogP contribution in [0.1, 0.15) is 11.3 Å². The van der Waals surface area contributed by atoms with Crippen molar-refractivity contribution < 1.29 is 13.2 Å². The predicted molar refractivity (Wildman–Crippen MR) is 88.2 cm³/mol. The van der Waals surface area contributed by atoms with Gasteiger partial charge in [0.1, 0.15) is 0 Å². The van der Waals surface area contributed by atoms with Crippen LogP contribution in [-0.4, -0.2) is 37.7 Å². The lowest BCUT2D eigenvalue weighted by atomic mass is 10.4. The molecule has 0 atom stereocenters. The number of aliphatic imine (C=N–C) groups is 1. The third-order valence-electron chi connectivity index (χ3n) is 2.29. The van der Waals surface area contributed by atoms with Gasteiger partial charge in [-0.1, -0.05) is 11.6 Å². The van der Waals surface area contributed by atoms with Crippen molar-refractivity contribution in [3.63, 3.8) is 0 Å². The molecule has 0 unspecified atom stereocenters. The van der Waals surface area contributed by atoms with E-state index >= 15 is 0 Å². The van der Waals surface area contributed by atoms with E-state index in [9.17, 15) is 13.2 Å². The number of hydrogen-bond acceptors (Lipinski definition) is 2. The van der Waals surface area contributed by atoms with Crippen LogP contribution in [0.4, 0.5) is 13.2 Å². The van der Waals surface area contributed by atoms with Crippen LogP contribution in [0.3, 0.4) is 0 Å². The molecule has 0 bridgehead atoms. The molecule has 0 aliphatic rings. The average Bonchev–Trinajstić information content (AvgIpc) is 2.68. The Hall–Kier alpha value is -0.220. The van der Waals surface area contributed by atoms with Gasteiger partial charge >= 0.3 is 6.18 Å². The summed E-state index contributed by atoms with van der Waals surface area (Å²) in [6, 6.07) is 3.67. The molecular formula is C11H16ClF3IN3S. The molecule has 1 aromatic heterocycles. The van der Waals surface area contributed by atoms with Gasteiger partial charge < -0.3 is 10.2 Å². The Morgan fingerprint density at radius 2 is 2.10 bits per heavy atom. The highest BCUT2D eigenvalue weighted by Gasteiger charge is 2.26. The number of nitrogens with one attached hydrogen (secondary N) is 1. The second-order valence-electron chi connectivity index (χ2n) is 3.90. The van der Waals surface area contributed by atoms with Crippen molar-refractivity contribution >= 4 is 52.9 Å². The first-order chi connectivity index (χ1) is 8.81. The second kappa shape index (κ2) is 8.93. The molecule has 0 aliphatic heterocycles. The summed E-state index contributed by atoms with van der Waals surface area (Å²) in [4.78, 5) is 6.71. The fraction of sp³-hybridized carbons (Fsp3) is 0.545. The topological polar surface area (TPSA) is 27.6 Å². The van der Waals surface area contributed by atoms with Crippen molar-refractivity contribution in [3.05, 3.63) is 21.3 Å². The van der Waals surface area contributed by atoms with Crippen LogP contribution in [0.2, 0.25) is 4.34 Å². The van der Waals surface area contributed by atoms with Crippen molar-refractivity contribution in [1.82, 2.24) is 10.2 Å². The zero-order chi connectivity index (χ0) is 14.5. The summed E-state index contributed by atoms with van der Waals surface area (Å²) in [5.74, 6) is 0.425. The van der Waals surface area contributed by atoms with Gasteiger partial charge in [-0.3, -0.25) is 4.99 Å². The van der Waals surface area contributed by atoms with Gasteiger partial charge in [0.2, 0.25) is 0 Å². The molecule has 20 heavy (non-hydrogen) atoms. The Kier molecular flexibility index (Phi) is 8.83. The van der Waals surface area contributed by atoms with Crippen molar-refractivity contribution in [2.75, 3.05) is 20.6 Å². The van der Waals surface area contributed by atoms with E-state index in [1.165, 1.54) is 18.4 Å². The fourth-order valence-electron chi connectivity index (χ4n) is 1.45. The van der Waals surface area contributed by atoms with Gasteiger partial charge in [-0.15, -0.1) is 35.3 Å². The first-order valence-corrected chi connectivity index (χ1v) is 6.74. The minimum Gasteiger partial charge on any atom is -0.356 e. The summed E-state index contributed by atoms with van der Waals surface area (Å²) in [5.41, 5.74) is 0. The monoisotopic (exact) mass is 441 g/mol. The van der Waals surface area contributed by atoms with Crippen LogP contribution in [0.25, 0.3) is 0 Å². The molecule has 1 heterocycles. The number of halogens is 5. The van der Waals surface area contributed by atoms with E-state index in [0.29, 0.717) is 16.8 Å². The van der Waals surface area contributed by atoms with Gasteiger partial charge in [0.25, 0.3) is 0 Å². The molecule has 0 spiro atoms. The second-order valence-corrected chi connectivity index (χ2v) is 5.70. The molecular weight excluding hydrogens is 426 g/mol. The molecule has 0 saturated heterocycles. The first-order valence-electron chi connectivity index (χ1n) is 5.54. The summed E-state index contributed by atoms with van der Waals surface area (Å²) < 4.78 is 36.8. The normalized spacial score (nSPS) is 12.0. The number of guanidine groups is 1. The number of hydrogen-bond donors (Lipinski definition) is 1. The molecule has 0 saturated carbocycles. The molecule has 3 nitrogen and oxygen atoms in total. The minimum atomic E-state index is -4.16. The van der Waals surface area contributed by atoms with Crippen LogP contribution >= 0.6 is 46.9 Å². The maximum Gasteiger partial charge on any atom is 0.390 e. The van der Waals surface area contributed by atoms with E-state index in [0.717, 1.165) is 4.88 Å². The Labute approximate surface area is 142 Å². The minimum absolute atomic E-state index is 0. The number of nitrogens with zero attached hydrogens (tertiary/aromatic N) is 2. The third-order valence-corrected chi connectivity index (χ3v) is 3.50. The van der Waals surface area contributed by atoms with Gasteiger partial charge in [0.15, 0.2) is 5.96 Å². The summed E-state index contributed by atoms with van der Waals surface area (Å²) in [6.45, 7) is 0.356. The van der Waals surface area contributed by atoms with Crippen LogP contribution in [0, 0.1) is 0 Å². The molecule has 0 fully saturated rings. The predicted octanol–water partition coefficient (Wildman–Crippen LogP) is 3.98. The summed E-state index contributed by atoms with van der Waals surface area (Å²) >= 11 is 7.25. The highest BCUT2D eigenvalue weighted by atomic mass is 127. The smallest absolute Gasteiger partial charge is 0.356 e. The summed E-state index contributed by atoms with van der Waals surface area (Å²) in [6.07, 6.45) is -5.05. The van der Waals surface area contributed by atoms with Crippen molar-refractivity contribution in [1.29, 1.82) is 0 Å². The standard InChI is InChI=1S/C11H15ClF3N3S.HI/c1-16-10(17-6-5-11(13,14)15)18(2)7-8-3-4-9(12)19-8;/h3-4H,5-7H2,1-2H3,(H,16,17);1H. The van der Waals surface area contributed by atoms with Gasteiger partial charge in [0.05, 0.1) is 17.3 Å². The van der Waals surface area contributed by atoms with Crippen LogP contribution in [-0.2, 0) is 6.54 Å². The largest absolute Gasteiger partial charge is 0.390 e. The molecule has 1 rings (SSSR count). The zero-order valence-electron chi connectivity index (χ0n) is 11.0. The van der Waals surface area contributed by atoms with E-state index in [1.807, 2.05) is 6.07 Å². The lowest BCUT2D eigenvalue weighted by molar-refractivity contribution is -0.132. The average molecular weight is 442 g/mol. The van der Waals surface area contributed by atoms with Crippen molar-refractivity contribution in [2.24, 2.45) is 4.99 Å². The van der Waals surface area contributed by atoms with E-state index in [-0.39, 0.29) is 30.5 Å². The Morgan fingerprint density at radius 3 is 2.55 bits per heavy atom. The highest BCUT2D eigenvalue weighted by molar-refractivity contribution is 14.0. The fourth-order valence-corrected chi connectivity index (χ4v) is 2.59. The molecule has 1 N–H and O–H groups in total. The van der Waals surface area contributed by atoms with Crippen LogP contribution < -0.4 is 5.32 Å². The highest BCUT2D eigenvalue weighted by Crippen LogP contribution is 2.22. The zero-order valence-corrected chi connectivity index (χ0v) is 14.9. The lowest BCUT2D eigenvalue weighted by Crippen LogP contribution is -2.39. The Bertz CT molecular complexity index is 437. The van der Waals surface area contributed by atoms with E-state index in [1.54, 1.807) is 18.0 Å². The van der Waals surface area contributed by atoms with Crippen molar-refractivity contribution in [2.45, 2.75) is 19.1 Å². The van der Waals surface area contributed by atoms with Gasteiger partial charge in [-0.05, 0) is 12.1 Å². The van der Waals surface area contributed by atoms with Crippen molar-refractivity contribution in [3.8, 4) is 0 Å². The first kappa shape index (κ1) is 19.8. The van der Waals surface area contributed by atoms with Crippen LogP contribution in [0.15, 0.2) is 17.1 Å². The maximum atomic E-state index is 12.1. The van der Waals surface area contributed by atoms with E-state index in [2.05, 4.69) is 10.3 Å². The van der Waals surface area contributed by atoms with Gasteiger partial charge in [0, 0.05) is 25.5 Å². The van der Waals surface area contributed by atoms with Crippen LogP contribution in [0.5, 0.6) is 0 Å². The maximum absolute atomic E-state index is 12.1.